The summed E-state index contributed by atoms with van der Waals surface area (Å²) in [5.41, 5.74) is 1.01. The molecule has 126 valence electrons. The third kappa shape index (κ3) is 3.97. The molecule has 1 saturated heterocycles. The van der Waals surface area contributed by atoms with E-state index >= 15 is 0 Å². The summed E-state index contributed by atoms with van der Waals surface area (Å²) in [6, 6.07) is 12.3. The highest BCUT2D eigenvalue weighted by molar-refractivity contribution is 5.93. The van der Waals surface area contributed by atoms with Crippen molar-refractivity contribution in [1.29, 1.82) is 0 Å². The largest absolute Gasteiger partial charge is 0.313 e. The molecule has 0 aromatic heterocycles. The molecule has 0 aliphatic carbocycles. The Morgan fingerprint density at radius 1 is 1.12 bits per heavy atom. The Balaban J connectivity index is 1.83. The average Bonchev–Trinajstić information content (AvgIpc) is 3.08. The molecular weight excluding hydrogens is 310 g/mol. The second-order valence-electron chi connectivity index (χ2n) is 6.05. The summed E-state index contributed by atoms with van der Waals surface area (Å²) in [7, 11) is 0. The summed E-state index contributed by atoms with van der Waals surface area (Å²) in [5.74, 6) is -0.810. The molecule has 1 aliphatic heterocycles. The number of carbonyl (C=O) groups excluding carboxylic acids is 1. The van der Waals surface area contributed by atoms with Crippen molar-refractivity contribution in [2.24, 2.45) is 0 Å². The summed E-state index contributed by atoms with van der Waals surface area (Å²) in [6.07, 6.45) is 2.37. The van der Waals surface area contributed by atoms with Gasteiger partial charge < -0.3 is 10.2 Å². The Morgan fingerprint density at radius 3 is 2.54 bits per heavy atom. The predicted octanol–water partition coefficient (Wildman–Crippen LogP) is 3.64. The number of amides is 1. The molecule has 1 unspecified atom stereocenters. The topological polar surface area (TPSA) is 32.3 Å². The third-order valence-corrected chi connectivity index (χ3v) is 4.31. The first-order chi connectivity index (χ1) is 11.6. The van der Waals surface area contributed by atoms with E-state index in [1.54, 1.807) is 30.3 Å². The minimum absolute atomic E-state index is 0.0933. The number of anilines is 1. The van der Waals surface area contributed by atoms with Crippen molar-refractivity contribution in [3.8, 4) is 0 Å². The lowest BCUT2D eigenvalue weighted by molar-refractivity contribution is -0.119. The first kappa shape index (κ1) is 16.6. The molecule has 2 aromatic rings. The van der Waals surface area contributed by atoms with Gasteiger partial charge in [-0.15, -0.1) is 0 Å². The number of hydrogen-bond acceptors (Lipinski definition) is 2. The number of rotatable bonds is 5. The summed E-state index contributed by atoms with van der Waals surface area (Å²) < 4.78 is 27.2. The second kappa shape index (κ2) is 7.53. The highest BCUT2D eigenvalue weighted by Gasteiger charge is 2.23. The fourth-order valence-corrected chi connectivity index (χ4v) is 2.99. The van der Waals surface area contributed by atoms with Crippen LogP contribution in [0.5, 0.6) is 0 Å². The van der Waals surface area contributed by atoms with Crippen molar-refractivity contribution in [2.45, 2.75) is 31.8 Å². The maximum absolute atomic E-state index is 14.0. The van der Waals surface area contributed by atoms with Gasteiger partial charge in [-0.2, -0.15) is 0 Å². The number of hydrogen-bond donors (Lipinski definition) is 1. The van der Waals surface area contributed by atoms with Crippen molar-refractivity contribution in [1.82, 2.24) is 5.32 Å². The molecular formula is C19H20F2N2O. The zero-order chi connectivity index (χ0) is 16.9. The van der Waals surface area contributed by atoms with Gasteiger partial charge in [0.05, 0.1) is 6.54 Å². The van der Waals surface area contributed by atoms with Gasteiger partial charge in [0.1, 0.15) is 11.6 Å². The maximum Gasteiger partial charge on any atom is 0.228 e. The standard InChI is InChI=1S/C19H20F2N2O/c20-15-7-9-17(10-8-15)23(13-14-4-1-2-6-18(14)21)19(24)12-16-5-3-11-22-16/h1-2,4,6-10,16,22H,3,5,11-13H2. The van der Waals surface area contributed by atoms with Gasteiger partial charge in [-0.25, -0.2) is 8.78 Å². The SMILES string of the molecule is O=C(CC1CCCN1)N(Cc1ccccc1F)c1ccc(F)cc1. The van der Waals surface area contributed by atoms with E-state index in [9.17, 15) is 13.6 Å². The van der Waals surface area contributed by atoms with Crippen LogP contribution in [0.25, 0.3) is 0 Å². The Bertz CT molecular complexity index is 697. The molecule has 5 heteroatoms. The normalized spacial score (nSPS) is 17.0. The Hall–Kier alpha value is -2.27. The van der Waals surface area contributed by atoms with Crippen LogP contribution in [0, 0.1) is 11.6 Å². The number of nitrogens with one attached hydrogen (secondary N) is 1. The summed E-state index contributed by atoms with van der Waals surface area (Å²) in [4.78, 5) is 14.3. The van der Waals surface area contributed by atoms with Crippen LogP contribution in [-0.2, 0) is 11.3 Å². The van der Waals surface area contributed by atoms with Gasteiger partial charge in [0, 0.05) is 23.7 Å². The number of nitrogens with zero attached hydrogens (tertiary/aromatic N) is 1. The van der Waals surface area contributed by atoms with Crippen LogP contribution in [0.3, 0.4) is 0 Å². The van der Waals surface area contributed by atoms with Crippen molar-refractivity contribution in [3.05, 3.63) is 65.7 Å². The predicted molar refractivity (Wildman–Crippen MR) is 89.6 cm³/mol. The molecule has 24 heavy (non-hydrogen) atoms. The molecule has 3 rings (SSSR count). The highest BCUT2D eigenvalue weighted by atomic mass is 19.1. The Morgan fingerprint density at radius 2 is 1.88 bits per heavy atom. The van der Waals surface area contributed by atoms with Crippen LogP contribution < -0.4 is 10.2 Å². The summed E-state index contributed by atoms with van der Waals surface area (Å²) >= 11 is 0. The van der Waals surface area contributed by atoms with Crippen molar-refractivity contribution < 1.29 is 13.6 Å². The molecule has 1 amide bonds. The molecule has 1 fully saturated rings. The zero-order valence-corrected chi connectivity index (χ0v) is 13.3. The average molecular weight is 330 g/mol. The van der Waals surface area contributed by atoms with Gasteiger partial charge in [0.25, 0.3) is 0 Å². The number of benzene rings is 2. The highest BCUT2D eigenvalue weighted by Crippen LogP contribution is 2.22. The molecule has 0 saturated carbocycles. The Kier molecular flexibility index (Phi) is 5.20. The molecule has 1 aliphatic rings. The van der Waals surface area contributed by atoms with Crippen LogP contribution in [0.2, 0.25) is 0 Å². The fraction of sp³-hybridized carbons (Fsp3) is 0.316. The van der Waals surface area contributed by atoms with Crippen LogP contribution in [0.15, 0.2) is 48.5 Å². The van der Waals surface area contributed by atoms with Gasteiger partial charge in [0.15, 0.2) is 0 Å². The smallest absolute Gasteiger partial charge is 0.228 e. The van der Waals surface area contributed by atoms with Crippen LogP contribution >= 0.6 is 0 Å². The summed E-state index contributed by atoms with van der Waals surface area (Å²) in [6.45, 7) is 1.05. The second-order valence-corrected chi connectivity index (χ2v) is 6.05. The molecule has 0 bridgehead atoms. The molecule has 0 spiro atoms. The lowest BCUT2D eigenvalue weighted by atomic mass is 10.1. The van der Waals surface area contributed by atoms with E-state index in [1.165, 1.54) is 23.1 Å². The maximum atomic E-state index is 14.0. The van der Waals surface area contributed by atoms with E-state index in [2.05, 4.69) is 5.32 Å². The van der Waals surface area contributed by atoms with Gasteiger partial charge in [0.2, 0.25) is 5.91 Å². The van der Waals surface area contributed by atoms with E-state index in [-0.39, 0.29) is 30.1 Å². The van der Waals surface area contributed by atoms with E-state index < -0.39 is 0 Å². The minimum Gasteiger partial charge on any atom is -0.313 e. The van der Waals surface area contributed by atoms with Crippen LogP contribution in [-0.4, -0.2) is 18.5 Å². The molecule has 1 heterocycles. The van der Waals surface area contributed by atoms with Crippen LogP contribution in [0.4, 0.5) is 14.5 Å². The number of carbonyl (C=O) groups is 1. The quantitative estimate of drug-likeness (QED) is 0.908. The number of halogens is 2. The van der Waals surface area contributed by atoms with Gasteiger partial charge in [-0.1, -0.05) is 18.2 Å². The van der Waals surface area contributed by atoms with Gasteiger partial charge >= 0.3 is 0 Å². The zero-order valence-electron chi connectivity index (χ0n) is 13.3. The molecule has 1 atom stereocenters. The van der Waals surface area contributed by atoms with Crippen LogP contribution in [0.1, 0.15) is 24.8 Å². The Labute approximate surface area is 140 Å². The van der Waals surface area contributed by atoms with Gasteiger partial charge in [-0.3, -0.25) is 4.79 Å². The van der Waals surface area contributed by atoms with E-state index in [0.29, 0.717) is 17.7 Å². The first-order valence-electron chi connectivity index (χ1n) is 8.16. The first-order valence-corrected chi connectivity index (χ1v) is 8.16. The van der Waals surface area contributed by atoms with E-state index in [0.717, 1.165) is 19.4 Å². The minimum atomic E-state index is -0.366. The van der Waals surface area contributed by atoms with Crippen molar-refractivity contribution in [2.75, 3.05) is 11.4 Å². The molecule has 0 radical (unpaired) electrons. The summed E-state index contributed by atoms with van der Waals surface area (Å²) in [5, 5.41) is 3.30. The lowest BCUT2D eigenvalue weighted by Gasteiger charge is -2.25. The van der Waals surface area contributed by atoms with Gasteiger partial charge in [-0.05, 0) is 49.7 Å². The molecule has 3 nitrogen and oxygen atoms in total. The van der Waals surface area contributed by atoms with E-state index in [4.69, 9.17) is 0 Å². The monoisotopic (exact) mass is 330 g/mol. The molecule has 1 N–H and O–H groups in total. The third-order valence-electron chi connectivity index (χ3n) is 4.31. The van der Waals surface area contributed by atoms with Crippen molar-refractivity contribution >= 4 is 11.6 Å². The van der Waals surface area contributed by atoms with Crippen molar-refractivity contribution in [3.63, 3.8) is 0 Å². The fourth-order valence-electron chi connectivity index (χ4n) is 2.99. The molecule has 2 aromatic carbocycles. The van der Waals surface area contributed by atoms with E-state index in [1.807, 2.05) is 0 Å². The lowest BCUT2D eigenvalue weighted by Crippen LogP contribution is -2.35.